The predicted molar refractivity (Wildman–Crippen MR) is 94.3 cm³/mol. The van der Waals surface area contributed by atoms with Crippen LogP contribution >= 0.6 is 23.4 Å². The van der Waals surface area contributed by atoms with Gasteiger partial charge in [-0.25, -0.2) is 4.98 Å². The molecule has 1 N–H and O–H groups in total. The number of carbonyl (C=O) groups excluding carboxylic acids is 1. The van der Waals surface area contributed by atoms with Crippen molar-refractivity contribution in [2.45, 2.75) is 22.8 Å². The highest BCUT2D eigenvalue weighted by Crippen LogP contribution is 2.35. The van der Waals surface area contributed by atoms with Gasteiger partial charge in [0.15, 0.2) is 0 Å². The minimum absolute atomic E-state index is 0.0512. The molecule has 0 radical (unpaired) electrons. The number of halogens is 4. The van der Waals surface area contributed by atoms with E-state index in [1.54, 1.807) is 12.2 Å². The van der Waals surface area contributed by atoms with Crippen LogP contribution in [-0.2, 0) is 0 Å². The van der Waals surface area contributed by atoms with Gasteiger partial charge < -0.3 is 4.42 Å². The summed E-state index contributed by atoms with van der Waals surface area (Å²) >= 11 is 5.81. The summed E-state index contributed by atoms with van der Waals surface area (Å²) in [5.74, 6) is -0.464. The second-order valence-corrected chi connectivity index (χ2v) is 7.13. The standard InChI is InChI=1S/C16H12ClF3N4O2S/c1-8-10(3-2-4-11(8)17)14-23-24-15(26-14)22-13(25)9-5-6-12(21-7-9)27-16(18,19)20/h2-8,11H,1H3,(H,22,24,25). The number of anilines is 1. The number of hydrogen-bond donors (Lipinski definition) is 1. The number of thioether (sulfide) groups is 1. The van der Waals surface area contributed by atoms with Gasteiger partial charge in [0.25, 0.3) is 5.91 Å². The van der Waals surface area contributed by atoms with E-state index < -0.39 is 11.4 Å². The third kappa shape index (κ3) is 4.89. The lowest BCUT2D eigenvalue weighted by Crippen LogP contribution is -2.13. The molecule has 6 nitrogen and oxygen atoms in total. The highest BCUT2D eigenvalue weighted by Gasteiger charge is 2.30. The predicted octanol–water partition coefficient (Wildman–Crippen LogP) is 4.53. The van der Waals surface area contributed by atoms with Crippen molar-refractivity contribution in [1.82, 2.24) is 15.2 Å². The largest absolute Gasteiger partial charge is 0.447 e. The molecule has 2 heterocycles. The summed E-state index contributed by atoms with van der Waals surface area (Å²) < 4.78 is 42.3. The van der Waals surface area contributed by atoms with Crippen molar-refractivity contribution >= 4 is 40.9 Å². The molecule has 2 aromatic rings. The lowest BCUT2D eigenvalue weighted by Gasteiger charge is -2.18. The zero-order valence-corrected chi connectivity index (χ0v) is 15.3. The fourth-order valence-electron chi connectivity index (χ4n) is 2.27. The van der Waals surface area contributed by atoms with Gasteiger partial charge in [-0.15, -0.1) is 16.7 Å². The summed E-state index contributed by atoms with van der Waals surface area (Å²) in [7, 11) is 0. The van der Waals surface area contributed by atoms with Crippen LogP contribution in [0.3, 0.4) is 0 Å². The normalized spacial score (nSPS) is 19.7. The number of carbonyl (C=O) groups is 1. The summed E-state index contributed by atoms with van der Waals surface area (Å²) in [5, 5.41) is 9.55. The zero-order chi connectivity index (χ0) is 19.6. The average molecular weight is 417 g/mol. The van der Waals surface area contributed by atoms with Crippen LogP contribution in [0.15, 0.2) is 46.0 Å². The molecule has 0 spiro atoms. The SMILES string of the molecule is CC1C(c2nnc(NC(=O)c3ccc(SC(F)(F)F)nc3)o2)=CC=CC1Cl. The molecule has 2 atom stereocenters. The topological polar surface area (TPSA) is 80.9 Å². The second-order valence-electron chi connectivity index (χ2n) is 5.54. The van der Waals surface area contributed by atoms with E-state index in [0.717, 1.165) is 17.8 Å². The minimum atomic E-state index is -4.45. The zero-order valence-electron chi connectivity index (χ0n) is 13.7. The van der Waals surface area contributed by atoms with E-state index in [-0.39, 0.29) is 45.6 Å². The molecule has 1 amide bonds. The van der Waals surface area contributed by atoms with Crippen LogP contribution in [0.4, 0.5) is 19.2 Å². The van der Waals surface area contributed by atoms with Gasteiger partial charge in [0.05, 0.1) is 10.9 Å². The summed E-state index contributed by atoms with van der Waals surface area (Å²) in [6, 6.07) is 2.19. The number of alkyl halides is 4. The van der Waals surface area contributed by atoms with E-state index in [1.165, 1.54) is 6.07 Å². The maximum atomic E-state index is 12.3. The Kier molecular flexibility index (Phi) is 5.56. The Balaban J connectivity index is 1.68. The van der Waals surface area contributed by atoms with Gasteiger partial charge in [-0.1, -0.05) is 30.3 Å². The van der Waals surface area contributed by atoms with Crippen LogP contribution in [0.2, 0.25) is 0 Å². The lowest BCUT2D eigenvalue weighted by molar-refractivity contribution is -0.0329. The number of amides is 1. The van der Waals surface area contributed by atoms with Crippen LogP contribution in [-0.4, -0.2) is 32.0 Å². The Morgan fingerprint density at radius 3 is 2.78 bits per heavy atom. The Morgan fingerprint density at radius 1 is 1.33 bits per heavy atom. The number of nitrogens with zero attached hydrogens (tertiary/aromatic N) is 3. The van der Waals surface area contributed by atoms with E-state index in [4.69, 9.17) is 16.0 Å². The molecule has 0 saturated carbocycles. The summed E-state index contributed by atoms with van der Waals surface area (Å²) in [5.41, 5.74) is -3.66. The van der Waals surface area contributed by atoms with Crippen LogP contribution in [0, 0.1) is 5.92 Å². The first-order valence-corrected chi connectivity index (χ1v) is 8.88. The molecule has 0 bridgehead atoms. The number of nitrogens with one attached hydrogen (secondary N) is 1. The van der Waals surface area contributed by atoms with E-state index in [1.807, 2.05) is 13.0 Å². The Labute approximate surface area is 160 Å². The molecule has 2 aromatic heterocycles. The van der Waals surface area contributed by atoms with Crippen molar-refractivity contribution in [3.05, 3.63) is 48.0 Å². The summed E-state index contributed by atoms with van der Waals surface area (Å²) in [6.07, 6.45) is 6.45. The molecule has 0 fully saturated rings. The molecule has 1 aliphatic carbocycles. The van der Waals surface area contributed by atoms with E-state index in [2.05, 4.69) is 20.5 Å². The third-order valence-electron chi connectivity index (χ3n) is 3.65. The molecule has 1 aliphatic rings. The van der Waals surface area contributed by atoms with Gasteiger partial charge in [-0.3, -0.25) is 10.1 Å². The smallest absolute Gasteiger partial charge is 0.403 e. The molecule has 11 heteroatoms. The number of hydrogen-bond acceptors (Lipinski definition) is 6. The maximum absolute atomic E-state index is 12.3. The average Bonchev–Trinajstić information content (AvgIpc) is 3.04. The van der Waals surface area contributed by atoms with Crippen LogP contribution < -0.4 is 5.32 Å². The van der Waals surface area contributed by atoms with Crippen molar-refractivity contribution in [2.75, 3.05) is 5.32 Å². The van der Waals surface area contributed by atoms with Crippen LogP contribution in [0.1, 0.15) is 23.2 Å². The maximum Gasteiger partial charge on any atom is 0.447 e. The van der Waals surface area contributed by atoms with Gasteiger partial charge in [-0.05, 0) is 12.1 Å². The number of rotatable bonds is 4. The molecule has 0 aromatic carbocycles. The molecule has 3 rings (SSSR count). The van der Waals surface area contributed by atoms with E-state index in [9.17, 15) is 18.0 Å². The van der Waals surface area contributed by atoms with Gasteiger partial charge in [0.2, 0.25) is 5.89 Å². The number of aromatic nitrogens is 3. The first-order chi connectivity index (χ1) is 12.7. The van der Waals surface area contributed by atoms with E-state index in [0.29, 0.717) is 0 Å². The van der Waals surface area contributed by atoms with Crippen molar-refractivity contribution in [1.29, 1.82) is 0 Å². The first kappa shape index (κ1) is 19.4. The quantitative estimate of drug-likeness (QED) is 0.582. The Bertz CT molecular complexity index is 896. The Morgan fingerprint density at radius 2 is 2.11 bits per heavy atom. The Hall–Kier alpha value is -2.33. The van der Waals surface area contributed by atoms with Crippen molar-refractivity contribution in [3.63, 3.8) is 0 Å². The van der Waals surface area contributed by atoms with Crippen molar-refractivity contribution < 1.29 is 22.4 Å². The molecule has 0 saturated heterocycles. The van der Waals surface area contributed by atoms with Crippen molar-refractivity contribution in [2.24, 2.45) is 5.92 Å². The van der Waals surface area contributed by atoms with Gasteiger partial charge in [-0.2, -0.15) is 13.2 Å². The van der Waals surface area contributed by atoms with Gasteiger partial charge in [0, 0.05) is 29.4 Å². The monoisotopic (exact) mass is 416 g/mol. The number of allylic oxidation sites excluding steroid dienone is 4. The van der Waals surface area contributed by atoms with Crippen molar-refractivity contribution in [3.8, 4) is 0 Å². The highest BCUT2D eigenvalue weighted by molar-refractivity contribution is 8.00. The molecule has 2 unspecified atom stereocenters. The summed E-state index contributed by atoms with van der Waals surface area (Å²) in [4.78, 5) is 15.8. The summed E-state index contributed by atoms with van der Waals surface area (Å²) in [6.45, 7) is 1.90. The fourth-order valence-corrected chi connectivity index (χ4v) is 2.97. The lowest BCUT2D eigenvalue weighted by atomic mass is 9.93. The van der Waals surface area contributed by atoms with Gasteiger partial charge >= 0.3 is 11.5 Å². The second kappa shape index (κ2) is 7.73. The van der Waals surface area contributed by atoms with Crippen LogP contribution in [0.25, 0.3) is 5.57 Å². The number of pyridine rings is 1. The van der Waals surface area contributed by atoms with Gasteiger partial charge in [0.1, 0.15) is 5.03 Å². The molecule has 27 heavy (non-hydrogen) atoms. The fraction of sp³-hybridized carbons (Fsp3) is 0.250. The first-order valence-electron chi connectivity index (χ1n) is 7.62. The minimum Gasteiger partial charge on any atom is -0.403 e. The molecule has 0 aliphatic heterocycles. The molecular weight excluding hydrogens is 405 g/mol. The molecular formula is C16H12ClF3N4O2S. The third-order valence-corrected chi connectivity index (χ3v) is 4.86. The van der Waals surface area contributed by atoms with E-state index >= 15 is 0 Å². The molecule has 142 valence electrons. The highest BCUT2D eigenvalue weighted by atomic mass is 35.5. The van der Waals surface area contributed by atoms with Crippen LogP contribution in [0.5, 0.6) is 0 Å².